The van der Waals surface area contributed by atoms with Crippen molar-refractivity contribution in [2.75, 3.05) is 26.1 Å². The van der Waals surface area contributed by atoms with Gasteiger partial charge in [0, 0.05) is 0 Å². The first kappa shape index (κ1) is 32.2. The van der Waals surface area contributed by atoms with Crippen molar-refractivity contribution >= 4 is 17.6 Å². The van der Waals surface area contributed by atoms with Gasteiger partial charge in [0.05, 0.1) is 13.2 Å². The summed E-state index contributed by atoms with van der Waals surface area (Å²) >= 11 is 5.62. The second-order valence-corrected chi connectivity index (χ2v) is 14.7. The summed E-state index contributed by atoms with van der Waals surface area (Å²) in [6, 6.07) is 0.377. The maximum atomic E-state index is 13.9. The molecular weight excluding hydrogens is 579 g/mol. The monoisotopic (exact) mass is 622 g/mol. The van der Waals surface area contributed by atoms with Gasteiger partial charge >= 0.3 is 18.0 Å². The van der Waals surface area contributed by atoms with E-state index in [0.717, 1.165) is 49.7 Å². The highest BCUT2D eigenvalue weighted by molar-refractivity contribution is 6.17. The Morgan fingerprint density at radius 1 is 0.810 bits per heavy atom. The Balaban J connectivity index is 0.000000208. The van der Waals surface area contributed by atoms with Crippen LogP contribution < -0.4 is 0 Å². The molecule has 8 bridgehead atoms. The van der Waals surface area contributed by atoms with Crippen LogP contribution in [0, 0.1) is 52.3 Å². The minimum atomic E-state index is -4.68. The Hall–Kier alpha value is -1.19. The molecule has 0 aromatic heterocycles. The molecule has 1 atom stereocenters. The molecule has 0 aromatic rings. The zero-order valence-electron chi connectivity index (χ0n) is 24.2. The predicted molar refractivity (Wildman–Crippen MR) is 148 cm³/mol. The molecule has 8 aliphatic rings. The number of carbonyl (C=O) groups is 1. The second kappa shape index (κ2) is 13.0. The van der Waals surface area contributed by atoms with Crippen molar-refractivity contribution in [1.82, 2.24) is 0 Å². The third-order valence-electron chi connectivity index (χ3n) is 11.1. The van der Waals surface area contributed by atoms with Gasteiger partial charge in [0.15, 0.2) is 6.79 Å². The molecule has 0 saturated heterocycles. The molecule has 4 nitrogen and oxygen atoms in total. The zero-order chi connectivity index (χ0) is 30.1. The summed E-state index contributed by atoms with van der Waals surface area (Å²) < 4.78 is 81.1. The predicted octanol–water partition coefficient (Wildman–Crippen LogP) is 9.04. The molecule has 0 amide bonds. The van der Waals surface area contributed by atoms with E-state index in [9.17, 15) is 26.7 Å². The Labute approximate surface area is 250 Å². The van der Waals surface area contributed by atoms with Gasteiger partial charge in [-0.25, -0.2) is 0 Å². The van der Waals surface area contributed by atoms with Crippen LogP contribution in [-0.4, -0.2) is 38.0 Å². The average Bonchev–Trinajstić information content (AvgIpc) is 2.91. The lowest BCUT2D eigenvalue weighted by atomic mass is 9.50. The van der Waals surface area contributed by atoms with Crippen LogP contribution in [0.5, 0.6) is 0 Å². The molecule has 0 heterocycles. The Kier molecular flexibility index (Phi) is 10.0. The molecule has 8 fully saturated rings. The highest BCUT2D eigenvalue weighted by Gasteiger charge is 2.53. The van der Waals surface area contributed by atoms with E-state index in [4.69, 9.17) is 25.8 Å². The lowest BCUT2D eigenvalue weighted by Crippen LogP contribution is -2.48. The van der Waals surface area contributed by atoms with E-state index in [-0.39, 0.29) is 5.41 Å². The fraction of sp³-hybridized carbons (Fsp3) is 0.844. The van der Waals surface area contributed by atoms with Gasteiger partial charge in [0.2, 0.25) is 5.83 Å². The van der Waals surface area contributed by atoms with Gasteiger partial charge in [0.1, 0.15) is 12.0 Å². The molecule has 10 heteroatoms. The molecule has 0 spiro atoms. The van der Waals surface area contributed by atoms with Crippen LogP contribution in [0.3, 0.4) is 0 Å². The van der Waals surface area contributed by atoms with E-state index < -0.39 is 42.9 Å². The molecule has 8 rings (SSSR count). The number of rotatable bonds is 12. The van der Waals surface area contributed by atoms with E-state index in [0.29, 0.717) is 35.8 Å². The minimum Gasteiger partial charge on any atom is -0.438 e. The molecule has 0 aromatic carbocycles. The number of halogens is 6. The van der Waals surface area contributed by atoms with Crippen LogP contribution in [0.25, 0.3) is 0 Å². The number of esters is 1. The number of alkyl halides is 3. The molecular formula is C32H44ClF5O4. The topological polar surface area (TPSA) is 44.8 Å². The lowest BCUT2D eigenvalue weighted by molar-refractivity contribution is -0.180. The number of hydrogen-bond acceptors (Lipinski definition) is 4. The van der Waals surface area contributed by atoms with Crippen molar-refractivity contribution in [2.45, 2.75) is 89.4 Å². The van der Waals surface area contributed by atoms with Crippen LogP contribution in [0.2, 0.25) is 0 Å². The summed E-state index contributed by atoms with van der Waals surface area (Å²) in [5.41, 5.74) is 0.599. The Morgan fingerprint density at radius 3 is 1.57 bits per heavy atom. The van der Waals surface area contributed by atoms with Gasteiger partial charge in [-0.05, 0) is 130 Å². The summed E-state index contributed by atoms with van der Waals surface area (Å²) in [7, 11) is 0. The Morgan fingerprint density at radius 2 is 1.21 bits per heavy atom. The highest BCUT2D eigenvalue weighted by atomic mass is 35.5. The van der Waals surface area contributed by atoms with Crippen molar-refractivity contribution in [1.29, 1.82) is 0 Å². The van der Waals surface area contributed by atoms with Crippen LogP contribution in [0.15, 0.2) is 24.6 Å². The van der Waals surface area contributed by atoms with Gasteiger partial charge in [-0.2, -0.15) is 22.0 Å². The Bertz CT molecular complexity index is 942. The van der Waals surface area contributed by atoms with Crippen LogP contribution in [0.4, 0.5) is 22.0 Å². The van der Waals surface area contributed by atoms with Gasteiger partial charge < -0.3 is 14.2 Å². The smallest absolute Gasteiger partial charge is 0.317 e. The first-order chi connectivity index (χ1) is 20.0. The van der Waals surface area contributed by atoms with Crippen molar-refractivity contribution in [3.63, 3.8) is 0 Å². The second-order valence-electron chi connectivity index (χ2n) is 14.5. The van der Waals surface area contributed by atoms with Gasteiger partial charge in [-0.3, -0.25) is 4.79 Å². The van der Waals surface area contributed by atoms with Gasteiger partial charge in [0.25, 0.3) is 0 Å². The maximum absolute atomic E-state index is 13.9. The molecule has 8 saturated carbocycles. The quantitative estimate of drug-likeness (QED) is 0.0544. The summed E-state index contributed by atoms with van der Waals surface area (Å²) in [4.78, 5) is 12.0. The minimum absolute atomic E-state index is 0.0534. The number of carbonyl (C=O) groups excluding carboxylic acids is 1. The van der Waals surface area contributed by atoms with Gasteiger partial charge in [-0.15, -0.1) is 6.58 Å². The summed E-state index contributed by atoms with van der Waals surface area (Å²) in [6.45, 7) is 3.95. The molecule has 238 valence electrons. The van der Waals surface area contributed by atoms with Crippen molar-refractivity contribution in [3.05, 3.63) is 24.6 Å². The standard InChI is InChI=1S/C20H25F5O3.C12H19ClO/c1-2-3-15(20(24,25)16(21)17(22)23)18(26)28-11-27-10-19-7-12-4-13(8-19)6-14(5-12)9-19;13-8-14-7-12-4-9-1-10(5-12)3-11(2-9)6-12/h2,12-15H,1,3-11H2;9-11H,1-8H2. The van der Waals surface area contributed by atoms with Crippen molar-refractivity contribution < 1.29 is 41.0 Å². The molecule has 0 radical (unpaired) electrons. The van der Waals surface area contributed by atoms with Gasteiger partial charge in [-0.1, -0.05) is 17.7 Å². The van der Waals surface area contributed by atoms with E-state index in [2.05, 4.69) is 6.58 Å². The highest BCUT2D eigenvalue weighted by Crippen LogP contribution is 2.61. The van der Waals surface area contributed by atoms with E-state index in [1.54, 1.807) is 0 Å². The third-order valence-corrected chi connectivity index (χ3v) is 11.2. The molecule has 1 unspecified atom stereocenters. The van der Waals surface area contributed by atoms with Crippen LogP contribution in [0.1, 0.15) is 83.5 Å². The van der Waals surface area contributed by atoms with E-state index >= 15 is 0 Å². The van der Waals surface area contributed by atoms with E-state index in [1.165, 1.54) is 57.8 Å². The summed E-state index contributed by atoms with van der Waals surface area (Å²) in [5, 5.41) is 0. The molecule has 0 N–H and O–H groups in total. The fourth-order valence-corrected chi connectivity index (χ4v) is 10.6. The average molecular weight is 623 g/mol. The summed E-state index contributed by atoms with van der Waals surface area (Å²) in [5.74, 6) is -6.31. The maximum Gasteiger partial charge on any atom is 0.317 e. The fourth-order valence-electron chi connectivity index (χ4n) is 10.5. The largest absolute Gasteiger partial charge is 0.438 e. The van der Waals surface area contributed by atoms with Crippen LogP contribution >= 0.6 is 11.6 Å². The summed E-state index contributed by atoms with van der Waals surface area (Å²) in [6.07, 6.45) is 12.9. The number of hydrogen-bond donors (Lipinski definition) is 0. The third kappa shape index (κ3) is 7.03. The zero-order valence-corrected chi connectivity index (χ0v) is 25.0. The van der Waals surface area contributed by atoms with Crippen LogP contribution in [-0.2, 0) is 19.0 Å². The van der Waals surface area contributed by atoms with E-state index in [1.807, 2.05) is 0 Å². The molecule has 0 aliphatic heterocycles. The SMILES string of the molecule is C=CCC(C(=O)OCOCC12CC3CC(CC(C3)C1)C2)C(F)(F)C(F)=C(F)F.ClCOCC12CC3CC(CC(C3)C1)C2. The molecule has 42 heavy (non-hydrogen) atoms. The molecule has 8 aliphatic carbocycles. The number of allylic oxidation sites excluding steroid dienone is 2. The van der Waals surface area contributed by atoms with Crippen molar-refractivity contribution in [2.24, 2.45) is 52.3 Å². The lowest BCUT2D eigenvalue weighted by Gasteiger charge is -2.56. The first-order valence-corrected chi connectivity index (χ1v) is 16.1. The first-order valence-electron chi connectivity index (χ1n) is 15.5. The number of ether oxygens (including phenoxy) is 3. The van der Waals surface area contributed by atoms with Crippen molar-refractivity contribution in [3.8, 4) is 0 Å². The normalized spacial score (nSPS) is 38.0.